The number of hydrogen-bond acceptors (Lipinski definition) is 4. The van der Waals surface area contributed by atoms with Crippen LogP contribution in [0.5, 0.6) is 0 Å². The van der Waals surface area contributed by atoms with E-state index in [2.05, 4.69) is 4.43 Å². The molecule has 1 atom stereocenters. The van der Waals surface area contributed by atoms with Crippen LogP contribution in [0.3, 0.4) is 0 Å². The molecule has 1 rings (SSSR count). The van der Waals surface area contributed by atoms with E-state index in [-0.39, 0.29) is 6.10 Å². The molecular weight excluding hydrogens is 212 g/mol. The fraction of sp³-hybridized carbons (Fsp3) is 0.400. The van der Waals surface area contributed by atoms with E-state index < -0.39 is 9.05 Å². The van der Waals surface area contributed by atoms with Gasteiger partial charge in [-0.2, -0.15) is 0 Å². The average Bonchev–Trinajstić information content (AvgIpc) is 2.27. The molecule has 5 heteroatoms. The molecule has 0 bridgehead atoms. The summed E-state index contributed by atoms with van der Waals surface area (Å²) in [6.07, 6.45) is 0.316. The smallest absolute Gasteiger partial charge is 0.367 e. The van der Waals surface area contributed by atoms with Gasteiger partial charge in [-0.3, -0.25) is 0 Å². The molecule has 84 valence electrons. The summed E-state index contributed by atoms with van der Waals surface area (Å²) in [6.45, 7) is 1.91. The topological polar surface area (TPSA) is 58.9 Å². The second-order valence-electron chi connectivity index (χ2n) is 3.18. The molecule has 0 heterocycles. The maximum atomic E-state index is 9.34. The monoisotopic (exact) mass is 228 g/mol. The second kappa shape index (κ2) is 5.39. The molecule has 0 aromatic heterocycles. The number of benzene rings is 1. The number of hydrogen-bond donors (Lipinski definition) is 2. The first-order valence-corrected chi connectivity index (χ1v) is 6.53. The van der Waals surface area contributed by atoms with Crippen molar-refractivity contribution >= 4 is 9.05 Å². The molecule has 0 aliphatic heterocycles. The summed E-state index contributed by atoms with van der Waals surface area (Å²) in [7, 11) is -2.72. The van der Waals surface area contributed by atoms with E-state index in [0.717, 1.165) is 5.56 Å². The third-order valence-corrected chi connectivity index (χ3v) is 3.23. The Balaban J connectivity index is 2.73. The van der Waals surface area contributed by atoms with Crippen LogP contribution in [0.2, 0.25) is 0 Å². The van der Waals surface area contributed by atoms with Gasteiger partial charge in [-0.1, -0.05) is 37.3 Å². The van der Waals surface area contributed by atoms with Crippen LogP contribution < -0.4 is 0 Å². The fourth-order valence-corrected chi connectivity index (χ4v) is 2.06. The van der Waals surface area contributed by atoms with Gasteiger partial charge in [0, 0.05) is 7.11 Å². The van der Waals surface area contributed by atoms with Gasteiger partial charge in [-0.25, -0.2) is 0 Å². The van der Waals surface area contributed by atoms with Crippen molar-refractivity contribution in [2.24, 2.45) is 0 Å². The minimum atomic E-state index is -3.94. The van der Waals surface area contributed by atoms with Crippen LogP contribution in [-0.4, -0.2) is 25.7 Å². The average molecular weight is 228 g/mol. The molecule has 0 spiro atoms. The molecule has 0 fully saturated rings. The zero-order valence-electron chi connectivity index (χ0n) is 8.88. The molecule has 0 aliphatic rings. The van der Waals surface area contributed by atoms with Crippen molar-refractivity contribution in [3.63, 3.8) is 0 Å². The Morgan fingerprint density at radius 2 is 1.87 bits per heavy atom. The van der Waals surface area contributed by atoms with E-state index in [1.165, 1.54) is 7.11 Å². The SMILES string of the molecule is CCC(O[Si](O)(O)OC)c1ccccc1. The normalized spacial score (nSPS) is 13.9. The Morgan fingerprint density at radius 3 is 2.33 bits per heavy atom. The van der Waals surface area contributed by atoms with E-state index >= 15 is 0 Å². The summed E-state index contributed by atoms with van der Waals surface area (Å²) in [4.78, 5) is 18.7. The Hall–Kier alpha value is -0.723. The first-order chi connectivity index (χ1) is 7.09. The van der Waals surface area contributed by atoms with Crippen LogP contribution in [0.1, 0.15) is 25.0 Å². The Labute approximate surface area is 90.6 Å². The summed E-state index contributed by atoms with van der Waals surface area (Å²) >= 11 is 0. The molecule has 0 aliphatic carbocycles. The molecule has 1 unspecified atom stereocenters. The van der Waals surface area contributed by atoms with Crippen molar-refractivity contribution in [2.45, 2.75) is 19.4 Å². The van der Waals surface area contributed by atoms with Crippen LogP contribution in [0.15, 0.2) is 30.3 Å². The highest BCUT2D eigenvalue weighted by atomic mass is 28.4. The molecule has 1 aromatic rings. The Kier molecular flexibility index (Phi) is 4.43. The zero-order chi connectivity index (χ0) is 11.3. The first kappa shape index (κ1) is 12.3. The van der Waals surface area contributed by atoms with Crippen LogP contribution in [0.25, 0.3) is 0 Å². The van der Waals surface area contributed by atoms with Crippen molar-refractivity contribution in [1.29, 1.82) is 0 Å². The molecule has 0 radical (unpaired) electrons. The van der Waals surface area contributed by atoms with Gasteiger partial charge in [-0.05, 0) is 12.0 Å². The molecule has 4 nitrogen and oxygen atoms in total. The van der Waals surface area contributed by atoms with Crippen molar-refractivity contribution < 1.29 is 18.4 Å². The van der Waals surface area contributed by atoms with E-state index in [4.69, 9.17) is 4.43 Å². The zero-order valence-corrected chi connectivity index (χ0v) is 9.88. The van der Waals surface area contributed by atoms with Crippen LogP contribution in [0.4, 0.5) is 0 Å². The maximum Gasteiger partial charge on any atom is 0.674 e. The molecule has 15 heavy (non-hydrogen) atoms. The fourth-order valence-electron chi connectivity index (χ4n) is 1.29. The van der Waals surface area contributed by atoms with Crippen LogP contribution in [-0.2, 0) is 8.85 Å². The first-order valence-electron chi connectivity index (χ1n) is 4.81. The van der Waals surface area contributed by atoms with Gasteiger partial charge in [0.05, 0.1) is 6.10 Å². The van der Waals surface area contributed by atoms with Crippen LogP contribution >= 0.6 is 0 Å². The second-order valence-corrected chi connectivity index (χ2v) is 4.92. The highest BCUT2D eigenvalue weighted by Crippen LogP contribution is 2.23. The Bertz CT molecular complexity index is 289. The van der Waals surface area contributed by atoms with E-state index in [1.807, 2.05) is 37.3 Å². The maximum absolute atomic E-state index is 9.34. The van der Waals surface area contributed by atoms with Gasteiger partial charge in [0.1, 0.15) is 0 Å². The number of rotatable bonds is 5. The van der Waals surface area contributed by atoms with Gasteiger partial charge in [-0.15, -0.1) is 0 Å². The molecule has 0 amide bonds. The van der Waals surface area contributed by atoms with Crippen molar-refractivity contribution in [1.82, 2.24) is 0 Å². The lowest BCUT2D eigenvalue weighted by Gasteiger charge is -2.22. The van der Waals surface area contributed by atoms with Gasteiger partial charge in [0.2, 0.25) is 0 Å². The standard InChI is InChI=1S/C10H16O4Si/c1-3-10(14-15(11,12)13-2)9-7-5-4-6-8-9/h4-8,10-12H,3H2,1-2H3. The lowest BCUT2D eigenvalue weighted by molar-refractivity contribution is 0.00465. The molecule has 0 saturated carbocycles. The van der Waals surface area contributed by atoms with E-state index in [0.29, 0.717) is 6.42 Å². The van der Waals surface area contributed by atoms with Crippen LogP contribution in [0, 0.1) is 0 Å². The third-order valence-electron chi connectivity index (χ3n) is 2.10. The summed E-state index contributed by atoms with van der Waals surface area (Å²) < 4.78 is 9.67. The van der Waals surface area contributed by atoms with Crippen molar-refractivity contribution in [3.05, 3.63) is 35.9 Å². The lowest BCUT2D eigenvalue weighted by Crippen LogP contribution is -2.42. The minimum absolute atomic E-state index is 0.340. The van der Waals surface area contributed by atoms with Gasteiger partial charge < -0.3 is 18.4 Å². The molecule has 0 saturated heterocycles. The highest BCUT2D eigenvalue weighted by Gasteiger charge is 2.37. The Morgan fingerprint density at radius 1 is 1.27 bits per heavy atom. The minimum Gasteiger partial charge on any atom is -0.367 e. The van der Waals surface area contributed by atoms with Crippen molar-refractivity contribution in [2.75, 3.05) is 7.11 Å². The van der Waals surface area contributed by atoms with Gasteiger partial charge in [0.15, 0.2) is 0 Å². The quantitative estimate of drug-likeness (QED) is 0.744. The molecule has 1 aromatic carbocycles. The largest absolute Gasteiger partial charge is 0.674 e. The van der Waals surface area contributed by atoms with Crippen molar-refractivity contribution in [3.8, 4) is 0 Å². The third kappa shape index (κ3) is 3.73. The van der Waals surface area contributed by atoms with Gasteiger partial charge >= 0.3 is 9.05 Å². The van der Waals surface area contributed by atoms with E-state index in [9.17, 15) is 9.59 Å². The predicted octanol–water partition coefficient (Wildman–Crippen LogP) is 1.22. The molecule has 2 N–H and O–H groups in total. The summed E-state index contributed by atoms with van der Waals surface area (Å²) in [5, 5.41) is 0. The van der Waals surface area contributed by atoms with Gasteiger partial charge in [0.25, 0.3) is 0 Å². The summed E-state index contributed by atoms with van der Waals surface area (Å²) in [5.74, 6) is 0. The highest BCUT2D eigenvalue weighted by molar-refractivity contribution is 6.50. The molecular formula is C10H16O4Si. The summed E-state index contributed by atoms with van der Waals surface area (Å²) in [5.41, 5.74) is 0.914. The lowest BCUT2D eigenvalue weighted by atomic mass is 10.1. The predicted molar refractivity (Wildman–Crippen MR) is 57.8 cm³/mol. The summed E-state index contributed by atoms with van der Waals surface area (Å²) in [6, 6.07) is 9.43. The van der Waals surface area contributed by atoms with E-state index in [1.54, 1.807) is 0 Å².